The minimum atomic E-state index is 0.553. The van der Waals surface area contributed by atoms with Gasteiger partial charge in [0, 0.05) is 23.2 Å². The summed E-state index contributed by atoms with van der Waals surface area (Å²) in [6.45, 7) is 8.21. The Morgan fingerprint density at radius 1 is 0.906 bits per heavy atom. The van der Waals surface area contributed by atoms with E-state index in [-0.39, 0.29) is 0 Å². The minimum absolute atomic E-state index is 0.553. The molecule has 0 saturated heterocycles. The summed E-state index contributed by atoms with van der Waals surface area (Å²) in [5, 5.41) is 0.669. The van der Waals surface area contributed by atoms with Gasteiger partial charge in [-0.25, -0.2) is 4.98 Å². The van der Waals surface area contributed by atoms with Crippen LogP contribution in [0, 0.1) is 0 Å². The van der Waals surface area contributed by atoms with Crippen LogP contribution in [0.15, 0.2) is 71.1 Å². The molecular formula is C26H27ClN2O3. The fourth-order valence-electron chi connectivity index (χ4n) is 3.47. The van der Waals surface area contributed by atoms with E-state index in [0.717, 1.165) is 42.9 Å². The molecule has 0 N–H and O–H groups in total. The van der Waals surface area contributed by atoms with Crippen molar-refractivity contribution in [1.29, 1.82) is 0 Å². The number of nitrogens with zero attached hydrogens (tertiary/aromatic N) is 2. The Hall–Kier alpha value is -3.02. The molecule has 6 heteroatoms. The van der Waals surface area contributed by atoms with Gasteiger partial charge in [0.15, 0.2) is 5.58 Å². The molecule has 0 atom stereocenters. The number of aromatic nitrogens is 1. The number of halogens is 1. The van der Waals surface area contributed by atoms with E-state index < -0.39 is 0 Å². The van der Waals surface area contributed by atoms with Crippen molar-refractivity contribution in [1.82, 2.24) is 9.88 Å². The smallest absolute Gasteiger partial charge is 0.227 e. The molecule has 166 valence electrons. The van der Waals surface area contributed by atoms with Crippen molar-refractivity contribution in [3.05, 3.63) is 71.8 Å². The zero-order valence-corrected chi connectivity index (χ0v) is 19.1. The number of oxazole rings is 1. The van der Waals surface area contributed by atoms with Gasteiger partial charge in [-0.2, -0.15) is 0 Å². The van der Waals surface area contributed by atoms with Crippen LogP contribution in [-0.2, 0) is 0 Å². The van der Waals surface area contributed by atoms with Gasteiger partial charge in [0.2, 0.25) is 5.89 Å². The summed E-state index contributed by atoms with van der Waals surface area (Å²) >= 11 is 5.94. The summed E-state index contributed by atoms with van der Waals surface area (Å²) in [6.07, 6.45) is 0.991. The van der Waals surface area contributed by atoms with Crippen LogP contribution < -0.4 is 9.47 Å². The maximum absolute atomic E-state index is 6.02. The lowest BCUT2D eigenvalue weighted by Crippen LogP contribution is -2.25. The van der Waals surface area contributed by atoms with Gasteiger partial charge in [0.05, 0.1) is 6.61 Å². The third kappa shape index (κ3) is 5.61. The van der Waals surface area contributed by atoms with Crippen molar-refractivity contribution >= 4 is 22.7 Å². The molecule has 0 unspecified atom stereocenters. The Labute approximate surface area is 193 Å². The van der Waals surface area contributed by atoms with Gasteiger partial charge in [0.1, 0.15) is 22.8 Å². The number of ether oxygens (including phenoxy) is 2. The predicted molar refractivity (Wildman–Crippen MR) is 129 cm³/mol. The highest BCUT2D eigenvalue weighted by molar-refractivity contribution is 6.30. The van der Waals surface area contributed by atoms with E-state index >= 15 is 0 Å². The molecule has 0 saturated carbocycles. The van der Waals surface area contributed by atoms with Crippen molar-refractivity contribution in [3.63, 3.8) is 0 Å². The summed E-state index contributed by atoms with van der Waals surface area (Å²) in [5.41, 5.74) is 2.31. The molecule has 4 rings (SSSR count). The monoisotopic (exact) mass is 450 g/mol. The first-order chi connectivity index (χ1) is 15.6. The van der Waals surface area contributed by atoms with E-state index in [1.165, 1.54) is 0 Å². The molecule has 0 bridgehead atoms. The zero-order chi connectivity index (χ0) is 22.3. The van der Waals surface area contributed by atoms with Crippen LogP contribution in [0.4, 0.5) is 0 Å². The molecule has 0 aliphatic heterocycles. The lowest BCUT2D eigenvalue weighted by atomic mass is 10.2. The highest BCUT2D eigenvalue weighted by Crippen LogP contribution is 2.31. The third-order valence-electron chi connectivity index (χ3n) is 5.27. The fourth-order valence-corrected chi connectivity index (χ4v) is 3.59. The third-order valence-corrected chi connectivity index (χ3v) is 5.52. The molecule has 1 aromatic heterocycles. The largest absolute Gasteiger partial charge is 0.494 e. The number of fused-ring (bicyclic) bond motifs is 1. The van der Waals surface area contributed by atoms with Crippen LogP contribution in [0.25, 0.3) is 22.6 Å². The molecule has 0 amide bonds. The van der Waals surface area contributed by atoms with Crippen molar-refractivity contribution < 1.29 is 13.9 Å². The highest BCUT2D eigenvalue weighted by atomic mass is 35.5. The summed E-state index contributed by atoms with van der Waals surface area (Å²) < 4.78 is 17.9. The quantitative estimate of drug-likeness (QED) is 0.242. The average molecular weight is 451 g/mol. The molecule has 5 nitrogen and oxygen atoms in total. The Morgan fingerprint density at radius 3 is 2.47 bits per heavy atom. The molecule has 0 radical (unpaired) electrons. The average Bonchev–Trinajstić information content (AvgIpc) is 3.24. The Kier molecular flexibility index (Phi) is 7.30. The van der Waals surface area contributed by atoms with Crippen LogP contribution >= 0.6 is 11.6 Å². The molecule has 3 aromatic carbocycles. The SMILES string of the molecule is CCN(CC)CCCOc1cccc(-c2nc3ccc(Oc4ccc(Cl)cc4)cc3o2)c1. The van der Waals surface area contributed by atoms with Gasteiger partial charge in [-0.15, -0.1) is 0 Å². The van der Waals surface area contributed by atoms with Crippen molar-refractivity contribution in [2.45, 2.75) is 20.3 Å². The van der Waals surface area contributed by atoms with Crippen LogP contribution in [0.5, 0.6) is 17.2 Å². The normalized spacial score (nSPS) is 11.2. The molecule has 0 spiro atoms. The fraction of sp³-hybridized carbons (Fsp3) is 0.269. The molecule has 32 heavy (non-hydrogen) atoms. The number of hydrogen-bond acceptors (Lipinski definition) is 5. The van der Waals surface area contributed by atoms with Gasteiger partial charge in [-0.1, -0.05) is 31.5 Å². The van der Waals surface area contributed by atoms with E-state index in [1.807, 2.05) is 54.6 Å². The molecule has 0 aliphatic carbocycles. The minimum Gasteiger partial charge on any atom is -0.494 e. The summed E-state index contributed by atoms with van der Waals surface area (Å²) in [6, 6.07) is 20.7. The van der Waals surface area contributed by atoms with Gasteiger partial charge in [-0.3, -0.25) is 0 Å². The lowest BCUT2D eigenvalue weighted by Gasteiger charge is -2.17. The standard InChI is InChI=1S/C26H27ClN2O3/c1-3-29(4-2)15-6-16-30-22-8-5-7-19(17-22)26-28-24-14-13-23(18-25(24)32-26)31-21-11-9-20(27)10-12-21/h5,7-14,17-18H,3-4,6,15-16H2,1-2H3. The van der Waals surface area contributed by atoms with Crippen molar-refractivity contribution in [2.24, 2.45) is 0 Å². The first-order valence-electron chi connectivity index (χ1n) is 10.9. The van der Waals surface area contributed by atoms with Gasteiger partial charge < -0.3 is 18.8 Å². The second kappa shape index (κ2) is 10.5. The summed E-state index contributed by atoms with van der Waals surface area (Å²) in [7, 11) is 0. The second-order valence-corrected chi connectivity index (χ2v) is 7.90. The maximum atomic E-state index is 6.02. The molecule has 4 aromatic rings. The zero-order valence-electron chi connectivity index (χ0n) is 18.4. The summed E-state index contributed by atoms with van der Waals surface area (Å²) in [5.74, 6) is 2.75. The van der Waals surface area contributed by atoms with Gasteiger partial charge in [-0.05, 0) is 74.1 Å². The Balaban J connectivity index is 1.44. The van der Waals surface area contributed by atoms with Crippen LogP contribution in [0.2, 0.25) is 5.02 Å². The van der Waals surface area contributed by atoms with Crippen LogP contribution in [0.3, 0.4) is 0 Å². The summed E-state index contributed by atoms with van der Waals surface area (Å²) in [4.78, 5) is 7.02. The lowest BCUT2D eigenvalue weighted by molar-refractivity contribution is 0.249. The Bertz CT molecular complexity index is 1150. The van der Waals surface area contributed by atoms with E-state index in [1.54, 1.807) is 12.1 Å². The Morgan fingerprint density at radius 2 is 1.69 bits per heavy atom. The maximum Gasteiger partial charge on any atom is 0.227 e. The molecule has 1 heterocycles. The predicted octanol–water partition coefficient (Wildman–Crippen LogP) is 7.05. The first kappa shape index (κ1) is 22.2. The van der Waals surface area contributed by atoms with Gasteiger partial charge in [0.25, 0.3) is 0 Å². The van der Waals surface area contributed by atoms with Crippen LogP contribution in [0.1, 0.15) is 20.3 Å². The topological polar surface area (TPSA) is 47.7 Å². The van der Waals surface area contributed by atoms with Crippen molar-refractivity contribution in [3.8, 4) is 28.7 Å². The number of rotatable bonds is 10. The van der Waals surface area contributed by atoms with E-state index in [4.69, 9.17) is 25.5 Å². The highest BCUT2D eigenvalue weighted by Gasteiger charge is 2.11. The second-order valence-electron chi connectivity index (χ2n) is 7.46. The molecule has 0 fully saturated rings. The first-order valence-corrected chi connectivity index (χ1v) is 11.3. The molecular weight excluding hydrogens is 424 g/mol. The number of benzene rings is 3. The molecule has 0 aliphatic rings. The van der Waals surface area contributed by atoms with E-state index in [0.29, 0.717) is 34.6 Å². The van der Waals surface area contributed by atoms with Crippen LogP contribution in [-0.4, -0.2) is 36.1 Å². The van der Waals surface area contributed by atoms with Crippen molar-refractivity contribution in [2.75, 3.05) is 26.2 Å². The van der Waals surface area contributed by atoms with E-state index in [2.05, 4.69) is 23.7 Å². The van der Waals surface area contributed by atoms with E-state index in [9.17, 15) is 0 Å². The number of hydrogen-bond donors (Lipinski definition) is 0. The van der Waals surface area contributed by atoms with Gasteiger partial charge >= 0.3 is 0 Å².